The largest absolute Gasteiger partial charge is 0.459 e. The highest BCUT2D eigenvalue weighted by atomic mass is 35.5. The van der Waals surface area contributed by atoms with Gasteiger partial charge in [0.05, 0.1) is 27.2 Å². The lowest BCUT2D eigenvalue weighted by Gasteiger charge is -2.20. The molecule has 0 fully saturated rings. The summed E-state index contributed by atoms with van der Waals surface area (Å²) in [6, 6.07) is 1.02. The number of rotatable bonds is 2. The summed E-state index contributed by atoms with van der Waals surface area (Å²) in [6.45, 7) is 0. The van der Waals surface area contributed by atoms with Gasteiger partial charge in [-0.3, -0.25) is 0 Å². The van der Waals surface area contributed by atoms with Crippen molar-refractivity contribution in [3.8, 4) is 5.69 Å². The van der Waals surface area contributed by atoms with Gasteiger partial charge in [0.25, 0.3) is 0 Å². The molecule has 32 heavy (non-hydrogen) atoms. The number of pyridine rings is 1. The van der Waals surface area contributed by atoms with Gasteiger partial charge in [0.1, 0.15) is 11.5 Å². The Morgan fingerprint density at radius 1 is 0.844 bits per heavy atom. The third-order valence-electron chi connectivity index (χ3n) is 4.17. The molecule has 16 heteroatoms. The molecule has 0 aliphatic heterocycles. The summed E-state index contributed by atoms with van der Waals surface area (Å²) in [7, 11) is 0. The molecule has 0 spiro atoms. The quantitative estimate of drug-likeness (QED) is 0.419. The molecule has 3 aromatic rings. The van der Waals surface area contributed by atoms with E-state index in [0.717, 1.165) is 0 Å². The van der Waals surface area contributed by atoms with Crippen LogP contribution in [0, 0.1) is 0 Å². The molecular formula is C16H6ClF11N4. The van der Waals surface area contributed by atoms with Gasteiger partial charge in [-0.1, -0.05) is 11.6 Å². The fourth-order valence-corrected chi connectivity index (χ4v) is 2.94. The Kier molecular flexibility index (Phi) is 5.27. The average Bonchev–Trinajstić information content (AvgIpc) is 2.95. The fourth-order valence-electron chi connectivity index (χ4n) is 2.68. The lowest BCUT2D eigenvalue weighted by atomic mass is 10.1. The number of alkyl halides is 11. The van der Waals surface area contributed by atoms with Crippen molar-refractivity contribution in [1.82, 2.24) is 14.8 Å². The fraction of sp³-hybridized carbons (Fsp3) is 0.250. The zero-order valence-electron chi connectivity index (χ0n) is 14.8. The second-order valence-corrected chi connectivity index (χ2v) is 6.69. The van der Waals surface area contributed by atoms with Gasteiger partial charge in [-0.2, -0.15) is 48.3 Å². The molecule has 0 amide bonds. The molecule has 0 aliphatic rings. The minimum Gasteiger partial charge on any atom is -0.383 e. The number of nitrogen functional groups attached to an aromatic ring is 1. The first-order valence-electron chi connectivity index (χ1n) is 7.94. The number of fused-ring (bicyclic) bond motifs is 1. The first kappa shape index (κ1) is 23.8. The van der Waals surface area contributed by atoms with Gasteiger partial charge < -0.3 is 5.73 Å². The maximum atomic E-state index is 13.7. The molecule has 0 unspecified atom stereocenters. The van der Waals surface area contributed by atoms with Gasteiger partial charge in [0, 0.05) is 0 Å². The van der Waals surface area contributed by atoms with Crippen LogP contribution >= 0.6 is 11.6 Å². The number of anilines is 1. The van der Waals surface area contributed by atoms with Crippen molar-refractivity contribution in [3.05, 3.63) is 46.1 Å². The molecule has 3 rings (SSSR count). The molecule has 2 N–H and O–H groups in total. The van der Waals surface area contributed by atoms with E-state index in [1.165, 1.54) is 0 Å². The number of benzene rings is 1. The summed E-state index contributed by atoms with van der Waals surface area (Å²) in [5, 5.41) is 1.54. The highest BCUT2D eigenvalue weighted by molar-refractivity contribution is 6.32. The summed E-state index contributed by atoms with van der Waals surface area (Å²) < 4.78 is 144. The van der Waals surface area contributed by atoms with Gasteiger partial charge in [0.15, 0.2) is 5.65 Å². The summed E-state index contributed by atoms with van der Waals surface area (Å²) in [5.41, 5.74) is -1.73. The highest BCUT2D eigenvalue weighted by Gasteiger charge is 2.60. The van der Waals surface area contributed by atoms with Crippen LogP contribution in [0.5, 0.6) is 0 Å². The van der Waals surface area contributed by atoms with E-state index in [2.05, 4.69) is 10.1 Å². The predicted molar refractivity (Wildman–Crippen MR) is 88.2 cm³/mol. The first-order valence-corrected chi connectivity index (χ1v) is 8.32. The van der Waals surface area contributed by atoms with E-state index in [9.17, 15) is 48.3 Å². The summed E-state index contributed by atoms with van der Waals surface area (Å²) in [5.74, 6) is -6.73. The molecule has 0 saturated heterocycles. The van der Waals surface area contributed by atoms with E-state index in [-0.39, 0.29) is 0 Å². The maximum Gasteiger partial charge on any atom is 0.459 e. The monoisotopic (exact) mass is 498 g/mol. The molecule has 0 saturated carbocycles. The third kappa shape index (κ3) is 3.89. The van der Waals surface area contributed by atoms with Crippen molar-refractivity contribution in [3.63, 3.8) is 0 Å². The van der Waals surface area contributed by atoms with Gasteiger partial charge in [-0.15, -0.1) is 5.10 Å². The first-order chi connectivity index (χ1) is 14.4. The van der Waals surface area contributed by atoms with Crippen LogP contribution in [0.25, 0.3) is 16.7 Å². The van der Waals surface area contributed by atoms with Gasteiger partial charge in [0.2, 0.25) is 0 Å². The molecule has 0 aliphatic carbocycles. The van der Waals surface area contributed by atoms with Crippen LogP contribution < -0.4 is 5.73 Å². The van der Waals surface area contributed by atoms with E-state index >= 15 is 0 Å². The van der Waals surface area contributed by atoms with Gasteiger partial charge in [-0.05, 0) is 24.3 Å². The van der Waals surface area contributed by atoms with E-state index in [1.807, 2.05) is 0 Å². The second-order valence-electron chi connectivity index (χ2n) is 6.28. The molecule has 2 heterocycles. The average molecular weight is 499 g/mol. The Labute approximate surface area is 174 Å². The van der Waals surface area contributed by atoms with Crippen LogP contribution in [-0.2, 0) is 18.3 Å². The van der Waals surface area contributed by atoms with Crippen LogP contribution in [0.1, 0.15) is 16.8 Å². The minimum atomic E-state index is -6.28. The van der Waals surface area contributed by atoms with Crippen LogP contribution in [0.15, 0.2) is 24.3 Å². The van der Waals surface area contributed by atoms with Gasteiger partial charge in [-0.25, -0.2) is 9.67 Å². The number of aromatic nitrogens is 3. The van der Waals surface area contributed by atoms with Crippen molar-refractivity contribution < 1.29 is 48.3 Å². The van der Waals surface area contributed by atoms with Crippen LogP contribution in [0.2, 0.25) is 5.02 Å². The molecule has 0 radical (unpaired) electrons. The molecule has 0 bridgehead atoms. The van der Waals surface area contributed by atoms with Crippen LogP contribution in [-0.4, -0.2) is 20.9 Å². The van der Waals surface area contributed by atoms with Crippen molar-refractivity contribution in [2.75, 3.05) is 5.73 Å². The van der Waals surface area contributed by atoms with E-state index < -0.39 is 74.9 Å². The number of hydrogen-bond acceptors (Lipinski definition) is 3. The molecule has 174 valence electrons. The lowest BCUT2D eigenvalue weighted by Crippen LogP contribution is -2.35. The Bertz CT molecular complexity index is 1190. The van der Waals surface area contributed by atoms with Crippen molar-refractivity contribution >= 4 is 28.5 Å². The number of nitrogens with two attached hydrogens (primary N) is 1. The summed E-state index contributed by atoms with van der Waals surface area (Å²) >= 11 is 5.74. The van der Waals surface area contributed by atoms with E-state index in [1.54, 1.807) is 0 Å². The summed E-state index contributed by atoms with van der Waals surface area (Å²) in [4.78, 5) is 2.88. The third-order valence-corrected chi connectivity index (χ3v) is 4.47. The zero-order chi connectivity index (χ0) is 24.4. The molecule has 0 atom stereocenters. The van der Waals surface area contributed by atoms with E-state index in [4.69, 9.17) is 17.3 Å². The van der Waals surface area contributed by atoms with E-state index in [0.29, 0.717) is 22.9 Å². The Balaban J connectivity index is 2.33. The van der Waals surface area contributed by atoms with Crippen LogP contribution in [0.4, 0.5) is 54.1 Å². The van der Waals surface area contributed by atoms with Crippen LogP contribution in [0.3, 0.4) is 0 Å². The second kappa shape index (κ2) is 7.08. The molecule has 1 aromatic carbocycles. The summed E-state index contributed by atoms with van der Waals surface area (Å²) in [6.07, 6.45) is -16.6. The van der Waals surface area contributed by atoms with Gasteiger partial charge >= 0.3 is 24.5 Å². The number of halogens is 12. The zero-order valence-corrected chi connectivity index (χ0v) is 15.5. The topological polar surface area (TPSA) is 56.7 Å². The van der Waals surface area contributed by atoms with Crippen molar-refractivity contribution in [1.29, 1.82) is 0 Å². The molecule has 2 aromatic heterocycles. The standard InChI is InChI=1S/C16H6ClF11N4/c17-7-3-5(14(20,21)22)1-2-8(7)32-11(29)10-6(15(23,24)25)4-9(30-12(10)31-32)13(18,19)16(26,27)28/h1-4H,29H2. The normalized spacial score (nSPS) is 13.8. The smallest absolute Gasteiger partial charge is 0.383 e. The molecular weight excluding hydrogens is 493 g/mol. The predicted octanol–water partition coefficient (Wildman–Crippen LogP) is 6.35. The Morgan fingerprint density at radius 2 is 1.44 bits per heavy atom. The SMILES string of the molecule is Nc1c2c(C(F)(F)F)cc(C(F)(F)C(F)(F)F)nc2nn1-c1ccc(C(F)(F)F)cc1Cl. The Hall–Kier alpha value is -2.84. The lowest BCUT2D eigenvalue weighted by molar-refractivity contribution is -0.291. The maximum absolute atomic E-state index is 13.7. The molecule has 4 nitrogen and oxygen atoms in total. The number of hydrogen-bond donors (Lipinski definition) is 1. The van der Waals surface area contributed by atoms with Crippen molar-refractivity contribution in [2.24, 2.45) is 0 Å². The van der Waals surface area contributed by atoms with Crippen molar-refractivity contribution in [2.45, 2.75) is 24.5 Å². The minimum absolute atomic E-state index is 0.352. The number of nitrogens with zero attached hydrogens (tertiary/aromatic N) is 3. The highest BCUT2D eigenvalue weighted by Crippen LogP contribution is 2.46. The Morgan fingerprint density at radius 3 is 1.91 bits per heavy atom.